The molecule has 0 bridgehead atoms. The van der Waals surface area contributed by atoms with E-state index in [1.165, 1.54) is 32.2 Å². The van der Waals surface area contributed by atoms with Crippen molar-refractivity contribution in [2.45, 2.75) is 55.3 Å². The topological polar surface area (TPSA) is 113 Å². The molecule has 0 aliphatic carbocycles. The Balaban J connectivity index is 2.09. The fraction of sp³-hybridized carbons (Fsp3) is 0.556. The smallest absolute Gasteiger partial charge is 0.411 e. The van der Waals surface area contributed by atoms with Crippen LogP contribution in [0, 0.1) is 6.61 Å². The molecule has 1 N–H and O–H groups in total. The number of carbonyl (C=O) groups excluding carboxylic acids is 3. The highest BCUT2D eigenvalue weighted by molar-refractivity contribution is 6.67. The van der Waals surface area contributed by atoms with Crippen molar-refractivity contribution >= 4 is 58.5 Å². The van der Waals surface area contributed by atoms with Gasteiger partial charge in [0, 0.05) is 19.5 Å². The molecule has 0 radical (unpaired) electrons. The first kappa shape index (κ1) is 33.7. The highest BCUT2D eigenvalue weighted by Gasteiger charge is 2.32. The number of anilines is 1. The number of unbranched alkanes of at least 4 members (excludes halogenated alkanes) is 3. The zero-order chi connectivity index (χ0) is 29.5. The van der Waals surface area contributed by atoms with E-state index in [1.54, 1.807) is 11.5 Å². The van der Waals surface area contributed by atoms with Gasteiger partial charge in [-0.2, -0.15) is 4.74 Å². The Morgan fingerprint density at radius 2 is 1.95 bits per heavy atom. The molecule has 40 heavy (non-hydrogen) atoms. The van der Waals surface area contributed by atoms with E-state index in [1.807, 2.05) is 0 Å². The van der Waals surface area contributed by atoms with Gasteiger partial charge in [-0.1, -0.05) is 47.5 Å². The third-order valence-corrected chi connectivity index (χ3v) is 6.14. The lowest BCUT2D eigenvalue weighted by molar-refractivity contribution is -0.142. The van der Waals surface area contributed by atoms with Crippen LogP contribution in [0.2, 0.25) is 0 Å². The van der Waals surface area contributed by atoms with Gasteiger partial charge in [-0.05, 0) is 38.2 Å². The minimum atomic E-state index is -1.44. The van der Waals surface area contributed by atoms with Crippen LogP contribution >= 0.6 is 34.8 Å². The molecule has 1 saturated heterocycles. The Bertz CT molecular complexity index is 1000. The molecule has 1 atom stereocenters. The molecule has 0 spiro atoms. The van der Waals surface area contributed by atoms with Gasteiger partial charge >= 0.3 is 12.1 Å². The number of hydrogen-bond acceptors (Lipinski definition) is 8. The van der Waals surface area contributed by atoms with Crippen LogP contribution in [0.25, 0.3) is 0 Å². The van der Waals surface area contributed by atoms with Crippen molar-refractivity contribution in [3.8, 4) is 11.5 Å². The van der Waals surface area contributed by atoms with Gasteiger partial charge < -0.3 is 23.8 Å². The maximum absolute atomic E-state index is 13.6. The Kier molecular flexibility index (Phi) is 14.6. The number of hydrogen-bond donors (Lipinski definition) is 1. The van der Waals surface area contributed by atoms with Gasteiger partial charge in [0.1, 0.15) is 26.2 Å². The summed E-state index contributed by atoms with van der Waals surface area (Å²) in [6, 6.07) is 2.79. The molecule has 0 aromatic heterocycles. The van der Waals surface area contributed by atoms with Gasteiger partial charge in [-0.15, -0.1) is 0 Å². The summed E-state index contributed by atoms with van der Waals surface area (Å²) >= 11 is 16.9. The number of alkyl halides is 3. The number of ether oxygens (including phenoxy) is 5. The van der Waals surface area contributed by atoms with Crippen molar-refractivity contribution in [3.05, 3.63) is 37.0 Å². The lowest BCUT2D eigenvalue weighted by Crippen LogP contribution is -2.39. The van der Waals surface area contributed by atoms with E-state index < -0.39 is 15.9 Å². The summed E-state index contributed by atoms with van der Waals surface area (Å²) in [6.07, 6.45) is 5.26. The SMILES string of the molecule is C=CCOC(=O)Nc1cc(OCCCCC[CH+]OCC(Cl)(Cl)Cl)c(OC)cc1C(=O)N1CCC[C@H]1COC(C)=O. The molecule has 1 heterocycles. The summed E-state index contributed by atoms with van der Waals surface area (Å²) in [5.74, 6) is -0.0703. The lowest BCUT2D eigenvalue weighted by Gasteiger charge is -2.26. The second-order valence-electron chi connectivity index (χ2n) is 8.95. The molecular weight excluding hydrogens is 587 g/mol. The third kappa shape index (κ3) is 11.9. The maximum Gasteiger partial charge on any atom is 0.411 e. The summed E-state index contributed by atoms with van der Waals surface area (Å²) in [4.78, 5) is 38.9. The average Bonchev–Trinajstić information content (AvgIpc) is 3.37. The van der Waals surface area contributed by atoms with Gasteiger partial charge in [-0.25, -0.2) is 4.79 Å². The number of benzene rings is 1. The number of esters is 1. The molecule has 0 saturated carbocycles. The molecular formula is C27H36Cl3N2O8+. The molecule has 1 aliphatic heterocycles. The number of nitrogens with one attached hydrogen (secondary N) is 1. The van der Waals surface area contributed by atoms with Crippen molar-refractivity contribution in [3.63, 3.8) is 0 Å². The first-order chi connectivity index (χ1) is 19.1. The van der Waals surface area contributed by atoms with Crippen molar-refractivity contribution in [1.29, 1.82) is 0 Å². The van der Waals surface area contributed by atoms with Gasteiger partial charge in [-0.3, -0.25) is 14.9 Å². The Hall–Kier alpha value is -2.53. The summed E-state index contributed by atoms with van der Waals surface area (Å²) in [5, 5.41) is 2.62. The fourth-order valence-corrected chi connectivity index (χ4v) is 4.15. The molecule has 222 valence electrons. The molecule has 1 fully saturated rings. The minimum absolute atomic E-state index is 0.00181. The number of likely N-dealkylation sites (tertiary alicyclic amines) is 1. The maximum atomic E-state index is 13.6. The van der Waals surface area contributed by atoms with E-state index in [4.69, 9.17) is 58.5 Å². The van der Waals surface area contributed by atoms with Crippen LogP contribution in [-0.4, -0.2) is 72.8 Å². The van der Waals surface area contributed by atoms with E-state index >= 15 is 0 Å². The van der Waals surface area contributed by atoms with Crippen LogP contribution in [0.4, 0.5) is 10.5 Å². The largest absolute Gasteiger partial charge is 0.493 e. The third-order valence-electron chi connectivity index (χ3n) is 5.81. The Labute approximate surface area is 250 Å². The first-order valence-electron chi connectivity index (χ1n) is 12.9. The second kappa shape index (κ2) is 17.3. The van der Waals surface area contributed by atoms with E-state index in [9.17, 15) is 14.4 Å². The highest BCUT2D eigenvalue weighted by Crippen LogP contribution is 2.36. The monoisotopic (exact) mass is 621 g/mol. The summed E-state index contributed by atoms with van der Waals surface area (Å²) in [6.45, 7) is 7.40. The van der Waals surface area contributed by atoms with E-state index in [0.29, 0.717) is 37.5 Å². The molecule has 0 unspecified atom stereocenters. The zero-order valence-corrected chi connectivity index (χ0v) is 25.0. The number of rotatable bonds is 16. The normalized spacial score (nSPS) is 14.8. The summed E-state index contributed by atoms with van der Waals surface area (Å²) in [5.41, 5.74) is 0.397. The van der Waals surface area contributed by atoms with E-state index in [2.05, 4.69) is 11.9 Å². The van der Waals surface area contributed by atoms with Crippen LogP contribution in [0.3, 0.4) is 0 Å². The lowest BCUT2D eigenvalue weighted by atomic mass is 10.1. The quantitative estimate of drug-likeness (QED) is 0.0776. The van der Waals surface area contributed by atoms with Crippen molar-refractivity contribution in [2.75, 3.05) is 45.4 Å². The summed E-state index contributed by atoms with van der Waals surface area (Å²) < 4.78 is 25.4. The molecule has 2 rings (SSSR count). The van der Waals surface area contributed by atoms with Gasteiger partial charge in [0.15, 0.2) is 11.5 Å². The number of halogens is 3. The van der Waals surface area contributed by atoms with Crippen LogP contribution < -0.4 is 14.8 Å². The standard InChI is InChI=1S/C27H35Cl3N2O8/c1-4-12-39-26(35)31-22-16-24(38-14-8-6-5-7-13-37-18-27(28,29)30)23(36-3)15-21(22)25(34)32-11-9-10-20(32)17-40-19(2)33/h4,13,15-16,20H,1,5-12,14,17-18H2,2-3H3/p+1/t20-/m0/s1. The highest BCUT2D eigenvalue weighted by atomic mass is 35.6. The fourth-order valence-electron chi connectivity index (χ4n) is 3.96. The molecule has 13 heteroatoms. The number of amides is 2. The predicted octanol–water partition coefficient (Wildman–Crippen LogP) is 6.09. The summed E-state index contributed by atoms with van der Waals surface area (Å²) in [7, 11) is 1.47. The molecule has 2 amide bonds. The Morgan fingerprint density at radius 3 is 2.62 bits per heavy atom. The number of nitrogens with zero attached hydrogens (tertiary/aromatic N) is 1. The molecule has 1 aromatic rings. The molecule has 1 aliphatic rings. The van der Waals surface area contributed by atoms with Crippen LogP contribution in [0.15, 0.2) is 24.8 Å². The van der Waals surface area contributed by atoms with Crippen LogP contribution in [-0.2, 0) is 19.0 Å². The van der Waals surface area contributed by atoms with Crippen molar-refractivity contribution < 1.29 is 38.1 Å². The van der Waals surface area contributed by atoms with Gasteiger partial charge in [0.2, 0.25) is 10.4 Å². The number of carbonyl (C=O) groups is 3. The number of methoxy groups -OCH3 is 1. The predicted molar refractivity (Wildman–Crippen MR) is 153 cm³/mol. The average molecular weight is 623 g/mol. The zero-order valence-electron chi connectivity index (χ0n) is 22.7. The second-order valence-corrected chi connectivity index (χ2v) is 11.5. The van der Waals surface area contributed by atoms with Gasteiger partial charge in [0.05, 0.1) is 31.0 Å². The van der Waals surface area contributed by atoms with Crippen molar-refractivity contribution in [1.82, 2.24) is 4.90 Å². The van der Waals surface area contributed by atoms with E-state index in [-0.39, 0.29) is 43.0 Å². The first-order valence-corrected chi connectivity index (χ1v) is 14.0. The molecule has 1 aromatic carbocycles. The van der Waals surface area contributed by atoms with Gasteiger partial charge in [0.25, 0.3) is 5.91 Å². The van der Waals surface area contributed by atoms with Crippen LogP contribution in [0.5, 0.6) is 11.5 Å². The van der Waals surface area contributed by atoms with Crippen molar-refractivity contribution in [2.24, 2.45) is 0 Å². The van der Waals surface area contributed by atoms with E-state index in [0.717, 1.165) is 25.7 Å². The minimum Gasteiger partial charge on any atom is -0.493 e. The van der Waals surface area contributed by atoms with Crippen LogP contribution in [0.1, 0.15) is 55.8 Å². The molecule has 10 nitrogen and oxygen atoms in total. The Morgan fingerprint density at radius 1 is 1.18 bits per heavy atom.